The molecule has 2 aliphatic heterocycles. The Labute approximate surface area is 173 Å². The minimum absolute atomic E-state index is 0.138. The van der Waals surface area contributed by atoms with Crippen molar-refractivity contribution in [2.45, 2.75) is 38.8 Å². The van der Waals surface area contributed by atoms with Crippen LogP contribution in [-0.4, -0.2) is 102 Å². The Balaban J connectivity index is 1.27. The zero-order chi connectivity index (χ0) is 21.0. The fraction of sp³-hybridized carbons (Fsp3) is 0.900. The summed E-state index contributed by atoms with van der Waals surface area (Å²) in [6.07, 6.45) is 0. The number of hydrogen-bond donors (Lipinski definition) is 0. The number of nitrogens with zero attached hydrogens (tertiary/aromatic N) is 2. The summed E-state index contributed by atoms with van der Waals surface area (Å²) in [7, 11) is 0. The van der Waals surface area contributed by atoms with Crippen molar-refractivity contribution in [2.75, 3.05) is 79.3 Å². The molecule has 0 atom stereocenters. The van der Waals surface area contributed by atoms with E-state index in [2.05, 4.69) is 9.98 Å². The average molecular weight is 417 g/mol. The van der Waals surface area contributed by atoms with Gasteiger partial charge in [-0.3, -0.25) is 0 Å². The van der Waals surface area contributed by atoms with Gasteiger partial charge in [0, 0.05) is 0 Å². The van der Waals surface area contributed by atoms with Crippen molar-refractivity contribution in [2.24, 2.45) is 9.98 Å². The third kappa shape index (κ3) is 10.9. The van der Waals surface area contributed by atoms with E-state index >= 15 is 0 Å². The molecule has 0 radical (unpaired) electrons. The van der Waals surface area contributed by atoms with Crippen LogP contribution in [0.2, 0.25) is 0 Å². The van der Waals surface area contributed by atoms with Crippen LogP contribution in [0.1, 0.15) is 27.7 Å². The summed E-state index contributed by atoms with van der Waals surface area (Å²) < 4.78 is 38.2. The quantitative estimate of drug-likeness (QED) is 0.352. The largest absolute Gasteiger partial charge is 0.477 e. The minimum Gasteiger partial charge on any atom is -0.477 e. The van der Waals surface area contributed by atoms with Gasteiger partial charge in [-0.1, -0.05) is 0 Å². The molecule has 0 saturated heterocycles. The van der Waals surface area contributed by atoms with E-state index in [1.165, 1.54) is 0 Å². The van der Waals surface area contributed by atoms with Crippen LogP contribution in [-0.2, 0) is 33.2 Å². The van der Waals surface area contributed by atoms with Gasteiger partial charge in [0.15, 0.2) is 0 Å². The molecule has 2 rings (SSSR count). The first-order valence-corrected chi connectivity index (χ1v) is 10.2. The van der Waals surface area contributed by atoms with Gasteiger partial charge in [0.25, 0.3) is 0 Å². The lowest BCUT2D eigenvalue weighted by Crippen LogP contribution is -2.17. The maximum absolute atomic E-state index is 5.48. The predicted molar refractivity (Wildman–Crippen MR) is 109 cm³/mol. The van der Waals surface area contributed by atoms with Crippen LogP contribution in [0.5, 0.6) is 0 Å². The second kappa shape index (κ2) is 12.4. The molecule has 0 aliphatic carbocycles. The van der Waals surface area contributed by atoms with Crippen LogP contribution >= 0.6 is 0 Å². The van der Waals surface area contributed by atoms with Crippen LogP contribution in [0.3, 0.4) is 0 Å². The fourth-order valence-corrected chi connectivity index (χ4v) is 2.57. The highest BCUT2D eigenvalue weighted by Gasteiger charge is 2.26. The number of aliphatic imine (C=N–C) groups is 2. The van der Waals surface area contributed by atoms with Crippen LogP contribution in [0.15, 0.2) is 9.98 Å². The molecule has 9 nitrogen and oxygen atoms in total. The highest BCUT2D eigenvalue weighted by atomic mass is 16.6. The second-order valence-corrected chi connectivity index (χ2v) is 8.16. The molecule has 0 saturated carbocycles. The van der Waals surface area contributed by atoms with Gasteiger partial charge in [-0.25, -0.2) is 9.98 Å². The van der Waals surface area contributed by atoms with Gasteiger partial charge in [0.2, 0.25) is 11.8 Å². The zero-order valence-corrected chi connectivity index (χ0v) is 18.2. The molecule has 29 heavy (non-hydrogen) atoms. The van der Waals surface area contributed by atoms with Crippen LogP contribution in [0.4, 0.5) is 0 Å². The van der Waals surface area contributed by atoms with Gasteiger partial charge >= 0.3 is 0 Å². The first-order chi connectivity index (χ1) is 13.9. The van der Waals surface area contributed by atoms with Gasteiger partial charge in [-0.15, -0.1) is 0 Å². The summed E-state index contributed by atoms with van der Waals surface area (Å²) in [6, 6.07) is 0. The normalized spacial score (nSPS) is 19.6. The summed E-state index contributed by atoms with van der Waals surface area (Å²) in [5, 5.41) is 0. The van der Waals surface area contributed by atoms with Gasteiger partial charge in [0.1, 0.15) is 26.4 Å². The van der Waals surface area contributed by atoms with Crippen molar-refractivity contribution in [1.29, 1.82) is 0 Å². The first-order valence-electron chi connectivity index (χ1n) is 10.2. The van der Waals surface area contributed by atoms with E-state index in [-0.39, 0.29) is 11.1 Å². The molecular weight excluding hydrogens is 380 g/mol. The molecule has 0 aromatic rings. The Bertz CT molecular complexity index is 489. The molecule has 0 amide bonds. The van der Waals surface area contributed by atoms with Crippen molar-refractivity contribution >= 4 is 11.8 Å². The Kier molecular flexibility index (Phi) is 10.3. The van der Waals surface area contributed by atoms with Gasteiger partial charge < -0.3 is 33.2 Å². The topological polar surface area (TPSA) is 89.3 Å². The van der Waals surface area contributed by atoms with E-state index in [1.807, 2.05) is 27.7 Å². The Morgan fingerprint density at radius 2 is 0.897 bits per heavy atom. The zero-order valence-electron chi connectivity index (χ0n) is 18.2. The first kappa shape index (κ1) is 24.0. The summed E-state index contributed by atoms with van der Waals surface area (Å²) in [5.41, 5.74) is -0.277. The van der Waals surface area contributed by atoms with E-state index in [1.54, 1.807) is 0 Å². The third-order valence-corrected chi connectivity index (χ3v) is 3.98. The van der Waals surface area contributed by atoms with Crippen LogP contribution in [0.25, 0.3) is 0 Å². The average Bonchev–Trinajstić information content (AvgIpc) is 3.19. The lowest BCUT2D eigenvalue weighted by atomic mass is 10.1. The van der Waals surface area contributed by atoms with Gasteiger partial charge in [-0.2, -0.15) is 0 Å². The van der Waals surface area contributed by atoms with E-state index in [4.69, 9.17) is 33.2 Å². The Morgan fingerprint density at radius 1 is 0.586 bits per heavy atom. The molecule has 0 aromatic carbocycles. The molecule has 2 heterocycles. The van der Waals surface area contributed by atoms with E-state index in [9.17, 15) is 0 Å². The maximum Gasteiger partial charge on any atom is 0.210 e. The highest BCUT2D eigenvalue weighted by molar-refractivity contribution is 5.79. The van der Waals surface area contributed by atoms with Crippen molar-refractivity contribution in [3.8, 4) is 0 Å². The van der Waals surface area contributed by atoms with Crippen LogP contribution in [0, 0.1) is 0 Å². The summed E-state index contributed by atoms with van der Waals surface area (Å²) in [5.74, 6) is 1.32. The lowest BCUT2D eigenvalue weighted by Gasteiger charge is -2.08. The van der Waals surface area contributed by atoms with Crippen molar-refractivity contribution in [3.63, 3.8) is 0 Å². The van der Waals surface area contributed by atoms with Crippen molar-refractivity contribution in [1.82, 2.24) is 0 Å². The monoisotopic (exact) mass is 416 g/mol. The number of hydrogen-bond acceptors (Lipinski definition) is 9. The SMILES string of the molecule is CC1(C)COC(COCCOCCOCCOCCOCC2=NC(C)(C)CO2)=N1. The number of rotatable bonds is 16. The lowest BCUT2D eigenvalue weighted by molar-refractivity contribution is -0.00753. The molecular formula is C20H36N2O7. The number of ether oxygens (including phenoxy) is 7. The molecule has 0 fully saturated rings. The second-order valence-electron chi connectivity index (χ2n) is 8.16. The Hall–Kier alpha value is -1.26. The van der Waals surface area contributed by atoms with E-state index < -0.39 is 0 Å². The Morgan fingerprint density at radius 3 is 1.17 bits per heavy atom. The molecule has 168 valence electrons. The summed E-state index contributed by atoms with van der Waals surface area (Å²) >= 11 is 0. The highest BCUT2D eigenvalue weighted by Crippen LogP contribution is 2.17. The standard InChI is InChI=1S/C20H36N2O7/c1-19(2)15-28-17(21-19)13-26-11-9-24-7-5-23-6-8-25-10-12-27-14-18-22-20(3,4)16-29-18/h5-16H2,1-4H3. The molecule has 0 N–H and O–H groups in total. The molecule has 0 unspecified atom stereocenters. The van der Waals surface area contributed by atoms with Gasteiger partial charge in [0.05, 0.1) is 63.9 Å². The minimum atomic E-state index is -0.138. The van der Waals surface area contributed by atoms with Crippen LogP contribution < -0.4 is 0 Å². The van der Waals surface area contributed by atoms with E-state index in [0.29, 0.717) is 91.1 Å². The van der Waals surface area contributed by atoms with E-state index in [0.717, 1.165) is 0 Å². The summed E-state index contributed by atoms with van der Waals surface area (Å²) in [4.78, 5) is 8.84. The molecule has 0 aromatic heterocycles. The maximum atomic E-state index is 5.48. The smallest absolute Gasteiger partial charge is 0.210 e. The predicted octanol–water partition coefficient (Wildman–Crippen LogP) is 1.48. The molecule has 0 bridgehead atoms. The van der Waals surface area contributed by atoms with Crippen molar-refractivity contribution in [3.05, 3.63) is 0 Å². The molecule has 0 spiro atoms. The summed E-state index contributed by atoms with van der Waals surface area (Å²) in [6.45, 7) is 14.3. The third-order valence-electron chi connectivity index (χ3n) is 3.98. The van der Waals surface area contributed by atoms with Crippen molar-refractivity contribution < 1.29 is 33.2 Å². The fourth-order valence-electron chi connectivity index (χ4n) is 2.57. The molecule has 2 aliphatic rings. The molecule has 9 heteroatoms. The van der Waals surface area contributed by atoms with Gasteiger partial charge in [-0.05, 0) is 27.7 Å².